The second-order valence-electron chi connectivity index (χ2n) is 7.25. The highest BCUT2D eigenvalue weighted by Crippen LogP contribution is 2.26. The Balaban J connectivity index is 1.69. The van der Waals surface area contributed by atoms with E-state index >= 15 is 0 Å². The molecule has 0 fully saturated rings. The first-order valence-corrected chi connectivity index (χ1v) is 10.3. The third-order valence-corrected chi connectivity index (χ3v) is 5.34. The second kappa shape index (κ2) is 9.39. The Morgan fingerprint density at radius 3 is 2.09 bits per heavy atom. The fraction of sp³-hybridized carbons (Fsp3) is 0.154. The third kappa shape index (κ3) is 4.21. The van der Waals surface area contributed by atoms with Crippen LogP contribution < -0.4 is 15.0 Å². The zero-order valence-corrected chi connectivity index (χ0v) is 18.0. The molecule has 162 valence electrons. The van der Waals surface area contributed by atoms with Crippen LogP contribution in [0.2, 0.25) is 0 Å². The predicted molar refractivity (Wildman–Crippen MR) is 127 cm³/mol. The van der Waals surface area contributed by atoms with Gasteiger partial charge in [-0.3, -0.25) is 9.79 Å². The van der Waals surface area contributed by atoms with Gasteiger partial charge in [0.25, 0.3) is 5.56 Å². The van der Waals surface area contributed by atoms with Gasteiger partial charge in [-0.2, -0.15) is 0 Å². The average Bonchev–Trinajstić information content (AvgIpc) is 2.84. The maximum Gasteiger partial charge on any atom is 0.265 e. The summed E-state index contributed by atoms with van der Waals surface area (Å²) in [6, 6.07) is 22.0. The number of pyridine rings is 1. The first-order valence-electron chi connectivity index (χ1n) is 10.3. The Morgan fingerprint density at radius 2 is 1.47 bits per heavy atom. The standard InChI is InChI=1S/C26H24N2O4/c1-31-20-11-7-18(8-12-20)15-16-27-17-24-22-5-3-4-6-23(22)25(29)28(26(24)30)19-9-13-21(32-2)14-10-19/h3-14,17,30H,15-16H2,1-2H3. The molecule has 0 aliphatic carbocycles. The molecule has 0 radical (unpaired) electrons. The number of rotatable bonds is 7. The topological polar surface area (TPSA) is 73.1 Å². The molecule has 3 aromatic carbocycles. The summed E-state index contributed by atoms with van der Waals surface area (Å²) in [5, 5.41) is 12.2. The van der Waals surface area contributed by atoms with E-state index in [4.69, 9.17) is 9.47 Å². The van der Waals surface area contributed by atoms with Crippen LogP contribution in [0, 0.1) is 0 Å². The maximum absolute atomic E-state index is 13.1. The number of fused-ring (bicyclic) bond motifs is 1. The van der Waals surface area contributed by atoms with Gasteiger partial charge in [-0.15, -0.1) is 0 Å². The summed E-state index contributed by atoms with van der Waals surface area (Å²) < 4.78 is 11.7. The Morgan fingerprint density at radius 1 is 0.875 bits per heavy atom. The molecule has 0 amide bonds. The van der Waals surface area contributed by atoms with Crippen molar-refractivity contribution in [2.45, 2.75) is 6.42 Å². The molecule has 32 heavy (non-hydrogen) atoms. The molecule has 0 saturated carbocycles. The summed E-state index contributed by atoms with van der Waals surface area (Å²) in [4.78, 5) is 17.7. The van der Waals surface area contributed by atoms with Crippen molar-refractivity contribution in [2.24, 2.45) is 4.99 Å². The van der Waals surface area contributed by atoms with Crippen LogP contribution in [0.25, 0.3) is 16.5 Å². The molecule has 1 aromatic heterocycles. The second-order valence-corrected chi connectivity index (χ2v) is 7.25. The number of aliphatic imine (C=N–C) groups is 1. The van der Waals surface area contributed by atoms with Crippen molar-refractivity contribution in [3.05, 3.63) is 94.3 Å². The van der Waals surface area contributed by atoms with Crippen molar-refractivity contribution >= 4 is 17.0 Å². The number of nitrogens with zero attached hydrogens (tertiary/aromatic N) is 2. The number of aromatic hydroxyl groups is 1. The van der Waals surface area contributed by atoms with Gasteiger partial charge in [0.15, 0.2) is 0 Å². The van der Waals surface area contributed by atoms with Gasteiger partial charge in [-0.05, 0) is 54.4 Å². The fourth-order valence-corrected chi connectivity index (χ4v) is 3.60. The van der Waals surface area contributed by atoms with Gasteiger partial charge in [0.2, 0.25) is 5.88 Å². The predicted octanol–water partition coefficient (Wildman–Crippen LogP) is 4.38. The lowest BCUT2D eigenvalue weighted by molar-refractivity contribution is 0.414. The Hall–Kier alpha value is -4.06. The quantitative estimate of drug-likeness (QED) is 0.444. The van der Waals surface area contributed by atoms with E-state index in [1.165, 1.54) is 4.57 Å². The number of methoxy groups -OCH3 is 2. The number of aromatic nitrogens is 1. The van der Waals surface area contributed by atoms with Gasteiger partial charge in [-0.1, -0.05) is 30.3 Å². The molecular weight excluding hydrogens is 404 g/mol. The monoisotopic (exact) mass is 428 g/mol. The molecule has 1 N–H and O–H groups in total. The third-order valence-electron chi connectivity index (χ3n) is 5.34. The smallest absolute Gasteiger partial charge is 0.265 e. The number of hydrogen-bond donors (Lipinski definition) is 1. The van der Waals surface area contributed by atoms with Crippen molar-refractivity contribution < 1.29 is 14.6 Å². The molecule has 1 heterocycles. The molecule has 4 aromatic rings. The average molecular weight is 428 g/mol. The van der Waals surface area contributed by atoms with Gasteiger partial charge in [-0.25, -0.2) is 4.57 Å². The van der Waals surface area contributed by atoms with E-state index in [2.05, 4.69) is 4.99 Å². The highest BCUT2D eigenvalue weighted by molar-refractivity contribution is 6.01. The Kier molecular flexibility index (Phi) is 6.22. The van der Waals surface area contributed by atoms with Crippen molar-refractivity contribution in [3.8, 4) is 23.1 Å². The van der Waals surface area contributed by atoms with E-state index < -0.39 is 0 Å². The van der Waals surface area contributed by atoms with E-state index in [0.717, 1.165) is 17.7 Å². The maximum atomic E-state index is 13.1. The fourth-order valence-electron chi connectivity index (χ4n) is 3.60. The molecule has 4 rings (SSSR count). The van der Waals surface area contributed by atoms with Gasteiger partial charge >= 0.3 is 0 Å². The summed E-state index contributed by atoms with van der Waals surface area (Å²) in [7, 11) is 3.22. The van der Waals surface area contributed by atoms with Crippen LogP contribution in [-0.4, -0.2) is 36.7 Å². The minimum Gasteiger partial charge on any atom is -0.497 e. The zero-order valence-electron chi connectivity index (χ0n) is 18.0. The molecule has 0 unspecified atom stereocenters. The van der Waals surface area contributed by atoms with E-state index in [1.54, 1.807) is 50.8 Å². The van der Waals surface area contributed by atoms with Crippen molar-refractivity contribution in [1.29, 1.82) is 0 Å². The van der Waals surface area contributed by atoms with Crippen LogP contribution in [0.1, 0.15) is 11.1 Å². The minimum absolute atomic E-state index is 0.146. The molecule has 0 saturated heterocycles. The molecule has 0 atom stereocenters. The largest absolute Gasteiger partial charge is 0.497 e. The Labute approximate surface area is 186 Å². The summed E-state index contributed by atoms with van der Waals surface area (Å²) in [5.41, 5.74) is 1.90. The van der Waals surface area contributed by atoms with E-state index in [9.17, 15) is 9.90 Å². The molecule has 0 aliphatic rings. The SMILES string of the molecule is COc1ccc(CCN=Cc2c(O)n(-c3ccc(OC)cc3)c(=O)c3ccccc23)cc1. The Bertz CT molecular complexity index is 1310. The van der Waals surface area contributed by atoms with E-state index in [0.29, 0.717) is 34.3 Å². The van der Waals surface area contributed by atoms with Crippen LogP contribution in [0.5, 0.6) is 17.4 Å². The van der Waals surface area contributed by atoms with Crippen molar-refractivity contribution in [1.82, 2.24) is 4.57 Å². The van der Waals surface area contributed by atoms with Crippen LogP contribution in [0.4, 0.5) is 0 Å². The summed E-state index contributed by atoms with van der Waals surface area (Å²) in [5.74, 6) is 1.34. The number of benzene rings is 3. The van der Waals surface area contributed by atoms with E-state index in [1.807, 2.05) is 42.5 Å². The molecule has 6 nitrogen and oxygen atoms in total. The highest BCUT2D eigenvalue weighted by Gasteiger charge is 2.16. The van der Waals surface area contributed by atoms with Crippen LogP contribution in [0.3, 0.4) is 0 Å². The molecular formula is C26H24N2O4. The summed E-state index contributed by atoms with van der Waals surface area (Å²) in [6.07, 6.45) is 2.39. The van der Waals surface area contributed by atoms with Crippen molar-refractivity contribution in [3.63, 3.8) is 0 Å². The summed E-state index contributed by atoms with van der Waals surface area (Å²) in [6.45, 7) is 0.543. The number of hydrogen-bond acceptors (Lipinski definition) is 5. The van der Waals surface area contributed by atoms with Gasteiger partial charge in [0, 0.05) is 23.5 Å². The van der Waals surface area contributed by atoms with Crippen LogP contribution >= 0.6 is 0 Å². The van der Waals surface area contributed by atoms with Crippen LogP contribution in [-0.2, 0) is 6.42 Å². The molecule has 0 spiro atoms. The lowest BCUT2D eigenvalue weighted by Crippen LogP contribution is -2.20. The van der Waals surface area contributed by atoms with Crippen molar-refractivity contribution in [2.75, 3.05) is 20.8 Å². The minimum atomic E-state index is -0.293. The lowest BCUT2D eigenvalue weighted by Gasteiger charge is -2.14. The first-order chi connectivity index (χ1) is 15.6. The zero-order chi connectivity index (χ0) is 22.5. The van der Waals surface area contributed by atoms with Crippen LogP contribution in [0.15, 0.2) is 82.6 Å². The molecule has 0 bridgehead atoms. The van der Waals surface area contributed by atoms with Gasteiger partial charge in [0.05, 0.1) is 25.5 Å². The first kappa shape index (κ1) is 21.2. The lowest BCUT2D eigenvalue weighted by atomic mass is 10.1. The summed E-state index contributed by atoms with van der Waals surface area (Å²) >= 11 is 0. The van der Waals surface area contributed by atoms with E-state index in [-0.39, 0.29) is 11.4 Å². The number of ether oxygens (including phenoxy) is 2. The normalized spacial score (nSPS) is 11.2. The molecule has 6 heteroatoms. The van der Waals surface area contributed by atoms with Gasteiger partial charge < -0.3 is 14.6 Å². The van der Waals surface area contributed by atoms with Gasteiger partial charge in [0.1, 0.15) is 11.5 Å². The highest BCUT2D eigenvalue weighted by atomic mass is 16.5. The molecule has 0 aliphatic heterocycles.